The number of rotatable bonds is 7. The highest BCUT2D eigenvalue weighted by atomic mass is 16.3. The van der Waals surface area contributed by atoms with Crippen molar-refractivity contribution < 1.29 is 5.11 Å². The molecule has 1 aliphatic rings. The van der Waals surface area contributed by atoms with Crippen LogP contribution in [0.5, 0.6) is 5.75 Å². The third-order valence-corrected chi connectivity index (χ3v) is 4.72. The van der Waals surface area contributed by atoms with Crippen molar-refractivity contribution in [2.75, 3.05) is 13.1 Å². The molecule has 3 rings (SSSR count). The van der Waals surface area contributed by atoms with E-state index >= 15 is 0 Å². The lowest BCUT2D eigenvalue weighted by Gasteiger charge is -2.35. The van der Waals surface area contributed by atoms with Gasteiger partial charge in [0.05, 0.1) is 17.4 Å². The molecular formula is C19H26N4O. The molecular weight excluding hydrogens is 300 g/mol. The number of hydrogen-bond donors (Lipinski definition) is 2. The zero-order valence-electron chi connectivity index (χ0n) is 14.1. The summed E-state index contributed by atoms with van der Waals surface area (Å²) in [5.41, 5.74) is 8.93. The van der Waals surface area contributed by atoms with Crippen LogP contribution in [0, 0.1) is 0 Å². The van der Waals surface area contributed by atoms with Gasteiger partial charge in [0, 0.05) is 18.9 Å². The van der Waals surface area contributed by atoms with Gasteiger partial charge >= 0.3 is 0 Å². The number of aromatic nitrogens is 2. The summed E-state index contributed by atoms with van der Waals surface area (Å²) in [6, 6.07) is 7.95. The molecule has 0 bridgehead atoms. The second-order valence-corrected chi connectivity index (χ2v) is 6.39. The van der Waals surface area contributed by atoms with Crippen molar-refractivity contribution in [3.8, 4) is 5.75 Å². The van der Waals surface area contributed by atoms with Gasteiger partial charge in [0.2, 0.25) is 0 Å². The van der Waals surface area contributed by atoms with Crippen molar-refractivity contribution in [2.45, 2.75) is 44.7 Å². The van der Waals surface area contributed by atoms with Gasteiger partial charge in [-0.2, -0.15) is 0 Å². The molecule has 3 N–H and O–H groups in total. The van der Waals surface area contributed by atoms with Gasteiger partial charge in [0.25, 0.3) is 0 Å². The summed E-state index contributed by atoms with van der Waals surface area (Å²) in [6.45, 7) is 2.29. The fourth-order valence-electron chi connectivity index (χ4n) is 3.49. The van der Waals surface area contributed by atoms with Crippen molar-refractivity contribution in [3.05, 3.63) is 53.6 Å². The van der Waals surface area contributed by atoms with E-state index in [1.54, 1.807) is 18.3 Å². The molecule has 0 radical (unpaired) electrons. The Hall–Kier alpha value is -1.98. The third-order valence-electron chi connectivity index (χ3n) is 4.72. The van der Waals surface area contributed by atoms with Crippen molar-refractivity contribution in [1.82, 2.24) is 14.9 Å². The summed E-state index contributed by atoms with van der Waals surface area (Å²) in [5.74, 6) is 0.262. The van der Waals surface area contributed by atoms with Crippen LogP contribution in [-0.4, -0.2) is 33.1 Å². The van der Waals surface area contributed by atoms with Crippen LogP contribution < -0.4 is 5.73 Å². The normalized spacial score (nSPS) is 17.0. The number of aryl methyl sites for hydroxylation is 1. The van der Waals surface area contributed by atoms with Crippen LogP contribution in [0.1, 0.15) is 48.7 Å². The standard InChI is InChI=1S/C19H26N4O/c20-10-1-2-13-23(14-16-18(24)9-5-11-21-16)17-8-3-6-15-7-4-12-22-19(15)17/h4-5,7,9,11-12,17,24H,1-3,6,8,10,13-14,20H2/t17-/m1/s1. The summed E-state index contributed by atoms with van der Waals surface area (Å²) in [5, 5.41) is 10.1. The van der Waals surface area contributed by atoms with Crippen LogP contribution in [0.25, 0.3) is 0 Å². The number of pyridine rings is 2. The predicted octanol–water partition coefficient (Wildman–Crippen LogP) is 2.80. The summed E-state index contributed by atoms with van der Waals surface area (Å²) in [4.78, 5) is 11.4. The van der Waals surface area contributed by atoms with E-state index < -0.39 is 0 Å². The lowest BCUT2D eigenvalue weighted by molar-refractivity contribution is 0.159. The first-order valence-corrected chi connectivity index (χ1v) is 8.80. The Morgan fingerprint density at radius 2 is 2.00 bits per heavy atom. The Morgan fingerprint density at radius 3 is 2.83 bits per heavy atom. The quantitative estimate of drug-likeness (QED) is 0.765. The molecule has 2 aromatic heterocycles. The van der Waals surface area contributed by atoms with Crippen LogP contribution in [0.4, 0.5) is 0 Å². The third kappa shape index (κ3) is 3.91. The molecule has 24 heavy (non-hydrogen) atoms. The molecule has 5 heteroatoms. The van der Waals surface area contributed by atoms with Gasteiger partial charge in [0.15, 0.2) is 0 Å². The van der Waals surface area contributed by atoms with E-state index in [1.807, 2.05) is 12.3 Å². The summed E-state index contributed by atoms with van der Waals surface area (Å²) < 4.78 is 0. The van der Waals surface area contributed by atoms with Gasteiger partial charge in [-0.1, -0.05) is 6.07 Å². The van der Waals surface area contributed by atoms with E-state index in [0.717, 1.165) is 37.9 Å². The van der Waals surface area contributed by atoms with Crippen molar-refractivity contribution in [1.29, 1.82) is 0 Å². The van der Waals surface area contributed by atoms with Crippen molar-refractivity contribution in [2.24, 2.45) is 5.73 Å². The number of nitrogens with two attached hydrogens (primary N) is 1. The highest BCUT2D eigenvalue weighted by Gasteiger charge is 2.27. The van der Waals surface area contributed by atoms with Crippen LogP contribution in [0.3, 0.4) is 0 Å². The minimum Gasteiger partial charge on any atom is -0.506 e. The molecule has 0 amide bonds. The maximum atomic E-state index is 10.1. The monoisotopic (exact) mass is 326 g/mol. The first-order chi connectivity index (χ1) is 11.8. The smallest absolute Gasteiger partial charge is 0.138 e. The van der Waals surface area contributed by atoms with E-state index in [9.17, 15) is 5.11 Å². The van der Waals surface area contributed by atoms with Gasteiger partial charge < -0.3 is 10.8 Å². The van der Waals surface area contributed by atoms with Crippen LogP contribution >= 0.6 is 0 Å². The van der Waals surface area contributed by atoms with Gasteiger partial charge in [-0.25, -0.2) is 0 Å². The minimum atomic E-state index is 0.262. The summed E-state index contributed by atoms with van der Waals surface area (Å²) in [7, 11) is 0. The number of hydrogen-bond acceptors (Lipinski definition) is 5. The minimum absolute atomic E-state index is 0.262. The molecule has 0 aliphatic heterocycles. The van der Waals surface area contributed by atoms with Crippen LogP contribution in [0.15, 0.2) is 36.7 Å². The van der Waals surface area contributed by atoms with Crippen LogP contribution in [-0.2, 0) is 13.0 Å². The van der Waals surface area contributed by atoms with Crippen LogP contribution in [0.2, 0.25) is 0 Å². The van der Waals surface area contributed by atoms with E-state index in [0.29, 0.717) is 13.1 Å². The van der Waals surface area contributed by atoms with E-state index in [-0.39, 0.29) is 11.8 Å². The molecule has 2 aromatic rings. The van der Waals surface area contributed by atoms with Gasteiger partial charge in [-0.3, -0.25) is 14.9 Å². The predicted molar refractivity (Wildman–Crippen MR) is 94.5 cm³/mol. The number of nitrogens with zero attached hydrogens (tertiary/aromatic N) is 3. The molecule has 0 spiro atoms. The Balaban J connectivity index is 1.83. The van der Waals surface area contributed by atoms with Crippen molar-refractivity contribution in [3.63, 3.8) is 0 Å². The Bertz CT molecular complexity index is 661. The van der Waals surface area contributed by atoms with Crippen molar-refractivity contribution >= 4 is 0 Å². The topological polar surface area (TPSA) is 75.3 Å². The van der Waals surface area contributed by atoms with E-state index in [2.05, 4.69) is 20.9 Å². The fourth-order valence-corrected chi connectivity index (χ4v) is 3.49. The maximum Gasteiger partial charge on any atom is 0.138 e. The number of fused-ring (bicyclic) bond motifs is 1. The Kier molecular flexibility index (Phi) is 5.77. The molecule has 0 saturated heterocycles. The highest BCUT2D eigenvalue weighted by Crippen LogP contribution is 2.34. The molecule has 1 aliphatic carbocycles. The number of unbranched alkanes of at least 4 members (excludes halogenated alkanes) is 1. The molecule has 0 fully saturated rings. The molecule has 1 atom stereocenters. The van der Waals surface area contributed by atoms with E-state index in [4.69, 9.17) is 5.73 Å². The first kappa shape index (κ1) is 16.9. The largest absolute Gasteiger partial charge is 0.506 e. The zero-order chi connectivity index (χ0) is 16.8. The molecule has 128 valence electrons. The molecule has 2 heterocycles. The Labute approximate surface area is 143 Å². The second kappa shape index (κ2) is 8.22. The van der Waals surface area contributed by atoms with Gasteiger partial charge in [-0.15, -0.1) is 0 Å². The van der Waals surface area contributed by atoms with Gasteiger partial charge in [-0.05, 0) is 69.0 Å². The molecule has 0 aromatic carbocycles. The SMILES string of the molecule is NCCCCN(Cc1ncccc1O)[C@@H]1CCCc2cccnc21. The lowest BCUT2D eigenvalue weighted by Crippen LogP contribution is -2.33. The lowest BCUT2D eigenvalue weighted by atomic mass is 9.90. The maximum absolute atomic E-state index is 10.1. The molecule has 0 saturated carbocycles. The fraction of sp³-hybridized carbons (Fsp3) is 0.474. The molecule has 5 nitrogen and oxygen atoms in total. The average Bonchev–Trinajstić information content (AvgIpc) is 2.62. The highest BCUT2D eigenvalue weighted by molar-refractivity contribution is 5.27. The second-order valence-electron chi connectivity index (χ2n) is 6.39. The van der Waals surface area contributed by atoms with E-state index in [1.165, 1.54) is 17.7 Å². The summed E-state index contributed by atoms with van der Waals surface area (Å²) in [6.07, 6.45) is 9.04. The number of aromatic hydroxyl groups is 1. The first-order valence-electron chi connectivity index (χ1n) is 8.80. The Morgan fingerprint density at radius 1 is 1.17 bits per heavy atom. The summed E-state index contributed by atoms with van der Waals surface area (Å²) >= 11 is 0. The molecule has 0 unspecified atom stereocenters. The van der Waals surface area contributed by atoms with Gasteiger partial charge in [0.1, 0.15) is 5.75 Å². The zero-order valence-corrected chi connectivity index (χ0v) is 14.1. The average molecular weight is 326 g/mol.